The summed E-state index contributed by atoms with van der Waals surface area (Å²) < 4.78 is 0.946. The maximum absolute atomic E-state index is 12.7. The van der Waals surface area contributed by atoms with Crippen LogP contribution < -0.4 is 10.6 Å². The monoisotopic (exact) mass is 359 g/mol. The minimum atomic E-state index is 0.0386. The van der Waals surface area contributed by atoms with E-state index in [-0.39, 0.29) is 6.03 Å². The highest BCUT2D eigenvalue weighted by Crippen LogP contribution is 2.30. The van der Waals surface area contributed by atoms with Gasteiger partial charge in [-0.25, -0.2) is 4.79 Å². The highest BCUT2D eigenvalue weighted by atomic mass is 79.9. The number of amides is 2. The van der Waals surface area contributed by atoms with Gasteiger partial charge in [-0.1, -0.05) is 52.3 Å². The quantitative estimate of drug-likeness (QED) is 0.909. The SMILES string of the molecule is NCc1c(Br)cccc1N1CCN(Cc2ccccc2)C1=O. The number of halogens is 1. The standard InChI is InChI=1S/C17H18BrN3O/c18-15-7-4-8-16(14(15)11-19)21-10-9-20(17(21)22)12-13-5-2-1-3-6-13/h1-8H,9-12,19H2. The fraction of sp³-hybridized carbons (Fsp3) is 0.235. The number of anilines is 1. The van der Waals surface area contributed by atoms with Gasteiger partial charge in [-0.2, -0.15) is 0 Å². The lowest BCUT2D eigenvalue weighted by molar-refractivity contribution is 0.218. The number of carbonyl (C=O) groups is 1. The first-order valence-corrected chi connectivity index (χ1v) is 8.08. The first-order valence-electron chi connectivity index (χ1n) is 7.28. The number of hydrogen-bond donors (Lipinski definition) is 1. The Labute approximate surface area is 138 Å². The van der Waals surface area contributed by atoms with Crippen LogP contribution in [0.4, 0.5) is 10.5 Å². The Bertz CT molecular complexity index is 675. The van der Waals surface area contributed by atoms with E-state index in [4.69, 9.17) is 5.73 Å². The molecule has 2 N–H and O–H groups in total. The number of nitrogens with zero attached hydrogens (tertiary/aromatic N) is 2. The van der Waals surface area contributed by atoms with Crippen LogP contribution in [0, 0.1) is 0 Å². The van der Waals surface area contributed by atoms with E-state index in [0.29, 0.717) is 19.6 Å². The predicted octanol–water partition coefficient (Wildman–Crippen LogP) is 3.35. The summed E-state index contributed by atoms with van der Waals surface area (Å²) in [6, 6.07) is 15.9. The second-order valence-corrected chi connectivity index (χ2v) is 6.14. The summed E-state index contributed by atoms with van der Waals surface area (Å²) >= 11 is 3.51. The molecule has 4 nitrogen and oxygen atoms in total. The van der Waals surface area contributed by atoms with Gasteiger partial charge < -0.3 is 10.6 Å². The van der Waals surface area contributed by atoms with Crippen LogP contribution in [0.2, 0.25) is 0 Å². The molecule has 1 aliphatic rings. The van der Waals surface area contributed by atoms with Gasteiger partial charge in [-0.15, -0.1) is 0 Å². The number of hydrogen-bond acceptors (Lipinski definition) is 2. The highest BCUT2D eigenvalue weighted by molar-refractivity contribution is 9.10. The molecule has 5 heteroatoms. The van der Waals surface area contributed by atoms with E-state index in [1.54, 1.807) is 0 Å². The zero-order chi connectivity index (χ0) is 15.5. The van der Waals surface area contributed by atoms with Crippen LogP contribution in [0.15, 0.2) is 53.0 Å². The molecule has 0 aliphatic carbocycles. The van der Waals surface area contributed by atoms with E-state index >= 15 is 0 Å². The topological polar surface area (TPSA) is 49.6 Å². The lowest BCUT2D eigenvalue weighted by atomic mass is 10.1. The summed E-state index contributed by atoms with van der Waals surface area (Å²) in [7, 11) is 0. The van der Waals surface area contributed by atoms with Gasteiger partial charge in [0, 0.05) is 36.2 Å². The average Bonchev–Trinajstić information content (AvgIpc) is 2.89. The fourth-order valence-electron chi connectivity index (χ4n) is 2.76. The second kappa shape index (κ2) is 6.50. The molecule has 3 rings (SSSR count). The summed E-state index contributed by atoms with van der Waals surface area (Å²) in [5.74, 6) is 0. The van der Waals surface area contributed by atoms with Gasteiger partial charge in [0.1, 0.15) is 0 Å². The first-order chi connectivity index (χ1) is 10.7. The van der Waals surface area contributed by atoms with Gasteiger partial charge in [-0.05, 0) is 17.7 Å². The third kappa shape index (κ3) is 2.87. The Morgan fingerprint density at radius 3 is 2.55 bits per heavy atom. The van der Waals surface area contributed by atoms with Crippen LogP contribution in [0.3, 0.4) is 0 Å². The van der Waals surface area contributed by atoms with Crippen molar-refractivity contribution in [2.45, 2.75) is 13.1 Å². The summed E-state index contributed by atoms with van der Waals surface area (Å²) in [5, 5.41) is 0. The minimum Gasteiger partial charge on any atom is -0.326 e. The molecule has 2 aromatic carbocycles. The van der Waals surface area contributed by atoms with Gasteiger partial charge in [0.15, 0.2) is 0 Å². The van der Waals surface area contributed by atoms with Crippen LogP contribution in [0.25, 0.3) is 0 Å². The molecule has 0 aromatic heterocycles. The molecule has 1 saturated heterocycles. The molecule has 1 aliphatic heterocycles. The largest absolute Gasteiger partial charge is 0.326 e. The predicted molar refractivity (Wildman–Crippen MR) is 91.6 cm³/mol. The lowest BCUT2D eigenvalue weighted by Crippen LogP contribution is -2.32. The van der Waals surface area contributed by atoms with E-state index in [9.17, 15) is 4.79 Å². The Morgan fingerprint density at radius 1 is 1.05 bits per heavy atom. The summed E-state index contributed by atoms with van der Waals surface area (Å²) in [6.07, 6.45) is 0. The zero-order valence-electron chi connectivity index (χ0n) is 12.2. The molecule has 1 heterocycles. The molecule has 0 atom stereocenters. The van der Waals surface area contributed by atoms with E-state index in [1.165, 1.54) is 0 Å². The molecule has 2 amide bonds. The molecular weight excluding hydrogens is 342 g/mol. The van der Waals surface area contributed by atoms with Crippen LogP contribution in [-0.2, 0) is 13.1 Å². The van der Waals surface area contributed by atoms with Gasteiger partial charge in [0.25, 0.3) is 0 Å². The molecule has 114 valence electrons. The number of carbonyl (C=O) groups excluding carboxylic acids is 1. The van der Waals surface area contributed by atoms with Crippen molar-refractivity contribution in [3.63, 3.8) is 0 Å². The van der Waals surface area contributed by atoms with Crippen LogP contribution in [0.5, 0.6) is 0 Å². The van der Waals surface area contributed by atoms with Crippen molar-refractivity contribution in [3.05, 3.63) is 64.1 Å². The van der Waals surface area contributed by atoms with E-state index < -0.39 is 0 Å². The molecular formula is C17H18BrN3O. The molecule has 2 aromatic rings. The van der Waals surface area contributed by atoms with Gasteiger partial charge >= 0.3 is 6.03 Å². The summed E-state index contributed by atoms with van der Waals surface area (Å²) in [6.45, 7) is 2.46. The zero-order valence-corrected chi connectivity index (χ0v) is 13.8. The molecule has 22 heavy (non-hydrogen) atoms. The second-order valence-electron chi connectivity index (χ2n) is 5.28. The number of urea groups is 1. The maximum Gasteiger partial charge on any atom is 0.324 e. The van der Waals surface area contributed by atoms with Gasteiger partial charge in [0.05, 0.1) is 5.69 Å². The fourth-order valence-corrected chi connectivity index (χ4v) is 3.28. The maximum atomic E-state index is 12.7. The van der Waals surface area contributed by atoms with E-state index in [2.05, 4.69) is 15.9 Å². The van der Waals surface area contributed by atoms with Crippen molar-refractivity contribution < 1.29 is 4.79 Å². The highest BCUT2D eigenvalue weighted by Gasteiger charge is 2.30. The smallest absolute Gasteiger partial charge is 0.324 e. The molecule has 0 spiro atoms. The van der Waals surface area contributed by atoms with Crippen molar-refractivity contribution >= 4 is 27.6 Å². The normalized spacial score (nSPS) is 14.7. The van der Waals surface area contributed by atoms with Crippen LogP contribution in [0.1, 0.15) is 11.1 Å². The Kier molecular flexibility index (Phi) is 4.45. The van der Waals surface area contributed by atoms with Crippen molar-refractivity contribution in [1.82, 2.24) is 4.90 Å². The lowest BCUT2D eigenvalue weighted by Gasteiger charge is -2.21. The Hall–Kier alpha value is -1.85. The molecule has 0 saturated carbocycles. The summed E-state index contributed by atoms with van der Waals surface area (Å²) in [5.41, 5.74) is 8.86. The number of rotatable bonds is 4. The number of nitrogens with two attached hydrogens (primary N) is 1. The van der Waals surface area contributed by atoms with Gasteiger partial charge in [-0.3, -0.25) is 4.90 Å². The summed E-state index contributed by atoms with van der Waals surface area (Å²) in [4.78, 5) is 16.4. The molecule has 1 fully saturated rings. The van der Waals surface area contributed by atoms with Crippen LogP contribution >= 0.6 is 15.9 Å². The Balaban J connectivity index is 1.81. The van der Waals surface area contributed by atoms with Crippen molar-refractivity contribution in [3.8, 4) is 0 Å². The van der Waals surface area contributed by atoms with Gasteiger partial charge in [0.2, 0.25) is 0 Å². The van der Waals surface area contributed by atoms with E-state index in [0.717, 1.165) is 27.8 Å². The van der Waals surface area contributed by atoms with Crippen molar-refractivity contribution in [2.75, 3.05) is 18.0 Å². The Morgan fingerprint density at radius 2 is 1.82 bits per heavy atom. The molecule has 0 unspecified atom stereocenters. The van der Waals surface area contributed by atoms with Crippen molar-refractivity contribution in [1.29, 1.82) is 0 Å². The average molecular weight is 360 g/mol. The minimum absolute atomic E-state index is 0.0386. The number of benzene rings is 2. The third-order valence-corrected chi connectivity index (χ3v) is 4.64. The van der Waals surface area contributed by atoms with E-state index in [1.807, 2.05) is 58.3 Å². The van der Waals surface area contributed by atoms with Crippen molar-refractivity contribution in [2.24, 2.45) is 5.73 Å². The first kappa shape index (κ1) is 15.1. The molecule has 0 radical (unpaired) electrons. The molecule has 0 bridgehead atoms. The van der Waals surface area contributed by atoms with Crippen LogP contribution in [-0.4, -0.2) is 24.0 Å². The third-order valence-electron chi connectivity index (χ3n) is 3.90.